The molecule has 3 N–H and O–H groups in total. The van der Waals surface area contributed by atoms with Crippen LogP contribution in [0.2, 0.25) is 0 Å². The second kappa shape index (κ2) is 6.05. The number of benzene rings is 1. The van der Waals surface area contributed by atoms with Crippen molar-refractivity contribution in [1.82, 2.24) is 9.78 Å². The number of nitrogens with zero attached hydrogens (tertiary/aromatic N) is 3. The van der Waals surface area contributed by atoms with Crippen molar-refractivity contribution in [2.24, 2.45) is 9.50 Å². The molecular formula is C19H23N5O3S. The first-order chi connectivity index (χ1) is 13.3. The molecule has 2 aromatic rings. The number of nitrogens with one attached hydrogen (secondary N) is 1. The van der Waals surface area contributed by atoms with Gasteiger partial charge in [-0.05, 0) is 60.8 Å². The minimum atomic E-state index is -3.46. The van der Waals surface area contributed by atoms with Gasteiger partial charge in [0.2, 0.25) is 5.88 Å². The normalized spacial score (nSPS) is 23.7. The lowest BCUT2D eigenvalue weighted by atomic mass is 9.75. The van der Waals surface area contributed by atoms with Gasteiger partial charge < -0.3 is 10.1 Å². The summed E-state index contributed by atoms with van der Waals surface area (Å²) < 4.78 is 24.0. The lowest BCUT2D eigenvalue weighted by Gasteiger charge is -2.31. The number of rotatable bonds is 2. The molecule has 0 saturated carbocycles. The van der Waals surface area contributed by atoms with Gasteiger partial charge >= 0.3 is 6.03 Å². The number of urea groups is 1. The molecule has 3 aliphatic rings. The van der Waals surface area contributed by atoms with Crippen LogP contribution in [-0.2, 0) is 35.7 Å². The van der Waals surface area contributed by atoms with E-state index in [1.807, 2.05) is 6.92 Å². The monoisotopic (exact) mass is 401 g/mol. The molecule has 0 radical (unpaired) electrons. The Kier molecular flexibility index (Phi) is 3.82. The molecule has 0 saturated heterocycles. The predicted molar refractivity (Wildman–Crippen MR) is 105 cm³/mol. The average Bonchev–Trinajstić information content (AvgIpc) is 3.27. The highest BCUT2D eigenvalue weighted by Crippen LogP contribution is 2.45. The van der Waals surface area contributed by atoms with Gasteiger partial charge in [-0.2, -0.15) is 5.10 Å². The lowest BCUT2D eigenvalue weighted by molar-refractivity contribution is 0.248. The van der Waals surface area contributed by atoms with E-state index >= 15 is 0 Å². The Balaban J connectivity index is 1.49. The summed E-state index contributed by atoms with van der Waals surface area (Å²) in [6.45, 7) is 4.59. The number of aromatic nitrogens is 2. The van der Waals surface area contributed by atoms with Crippen LogP contribution < -0.4 is 15.2 Å². The number of hydrogen-bond acceptors (Lipinski definition) is 4. The summed E-state index contributed by atoms with van der Waals surface area (Å²) in [6.07, 6.45) is 5.36. The summed E-state index contributed by atoms with van der Waals surface area (Å²) in [4.78, 5) is 12.8. The van der Waals surface area contributed by atoms with E-state index in [1.54, 1.807) is 4.68 Å². The Bertz CT molecular complexity index is 1130. The second-order valence-corrected chi connectivity index (χ2v) is 9.70. The molecule has 2 heterocycles. The Hall–Kier alpha value is -2.39. The molecule has 2 amide bonds. The Morgan fingerprint density at radius 3 is 3.00 bits per heavy atom. The van der Waals surface area contributed by atoms with E-state index in [9.17, 15) is 9.00 Å². The number of anilines is 1. The highest BCUT2D eigenvalue weighted by atomic mass is 32.2. The molecule has 3 atom stereocenters. The maximum absolute atomic E-state index is 13.0. The van der Waals surface area contributed by atoms with Gasteiger partial charge in [-0.15, -0.1) is 4.36 Å². The molecule has 0 fully saturated rings. The molecule has 1 aliphatic heterocycles. The molecule has 148 valence electrons. The van der Waals surface area contributed by atoms with Crippen molar-refractivity contribution in [3.05, 3.63) is 34.5 Å². The zero-order valence-corrected chi connectivity index (χ0v) is 16.7. The third kappa shape index (κ3) is 2.64. The van der Waals surface area contributed by atoms with Gasteiger partial charge in [0.1, 0.15) is 11.0 Å². The van der Waals surface area contributed by atoms with Crippen molar-refractivity contribution in [1.29, 1.82) is 0 Å². The van der Waals surface area contributed by atoms with Crippen LogP contribution in [0.1, 0.15) is 48.4 Å². The van der Waals surface area contributed by atoms with Crippen molar-refractivity contribution in [3.63, 3.8) is 0 Å². The SMILES string of the molecule is CC1Cn2ncc(S(N)(=O)=NC(=O)Nc3c4c(cc5c3C(C)C5)CCC4)c2O1. The number of ether oxygens (including phenoxy) is 1. The zero-order chi connectivity index (χ0) is 19.6. The number of nitrogens with two attached hydrogens (primary N) is 1. The lowest BCUT2D eigenvalue weighted by Crippen LogP contribution is -2.23. The summed E-state index contributed by atoms with van der Waals surface area (Å²) in [5, 5.41) is 13.0. The first-order valence-corrected chi connectivity index (χ1v) is 11.2. The van der Waals surface area contributed by atoms with Gasteiger partial charge in [-0.3, -0.25) is 0 Å². The van der Waals surface area contributed by atoms with Crippen LogP contribution in [0.25, 0.3) is 0 Å². The van der Waals surface area contributed by atoms with E-state index in [2.05, 4.69) is 27.8 Å². The van der Waals surface area contributed by atoms with Crippen LogP contribution in [-0.4, -0.2) is 26.1 Å². The Morgan fingerprint density at radius 1 is 1.39 bits per heavy atom. The Morgan fingerprint density at radius 2 is 2.21 bits per heavy atom. The predicted octanol–water partition coefficient (Wildman–Crippen LogP) is 2.75. The van der Waals surface area contributed by atoms with Crippen LogP contribution in [0.4, 0.5) is 10.5 Å². The van der Waals surface area contributed by atoms with E-state index in [-0.39, 0.29) is 11.0 Å². The van der Waals surface area contributed by atoms with Gasteiger partial charge in [-0.1, -0.05) is 13.0 Å². The van der Waals surface area contributed by atoms with Crippen LogP contribution in [0.15, 0.2) is 21.5 Å². The van der Waals surface area contributed by atoms with E-state index in [0.717, 1.165) is 31.4 Å². The molecule has 5 rings (SSSR count). The summed E-state index contributed by atoms with van der Waals surface area (Å²) in [6, 6.07) is 1.57. The highest BCUT2D eigenvalue weighted by Gasteiger charge is 2.32. The number of hydrogen-bond donors (Lipinski definition) is 2. The third-order valence-corrected chi connectivity index (χ3v) is 7.16. The second-order valence-electron chi connectivity index (χ2n) is 7.94. The number of fused-ring (bicyclic) bond motifs is 3. The first-order valence-electron chi connectivity index (χ1n) is 9.59. The molecular weight excluding hydrogens is 378 g/mol. The summed E-state index contributed by atoms with van der Waals surface area (Å²) in [5.41, 5.74) is 5.79. The van der Waals surface area contributed by atoms with E-state index in [1.165, 1.54) is 28.5 Å². The van der Waals surface area contributed by atoms with Gasteiger partial charge in [0.15, 0.2) is 9.92 Å². The van der Waals surface area contributed by atoms with Crippen LogP contribution in [0.3, 0.4) is 0 Å². The molecule has 1 aromatic carbocycles. The fourth-order valence-corrected chi connectivity index (χ4v) is 5.57. The maximum Gasteiger partial charge on any atom is 0.354 e. The number of carbonyl (C=O) groups excluding carboxylic acids is 1. The van der Waals surface area contributed by atoms with Crippen molar-refractivity contribution in [2.45, 2.75) is 63.0 Å². The fourth-order valence-electron chi connectivity index (χ4n) is 4.58. The van der Waals surface area contributed by atoms with Crippen molar-refractivity contribution >= 4 is 21.6 Å². The Labute approximate surface area is 163 Å². The highest BCUT2D eigenvalue weighted by molar-refractivity contribution is 7.91. The van der Waals surface area contributed by atoms with E-state index in [4.69, 9.17) is 9.88 Å². The quantitative estimate of drug-likeness (QED) is 0.806. The van der Waals surface area contributed by atoms with Crippen LogP contribution in [0, 0.1) is 0 Å². The number of carbonyl (C=O) groups is 1. The minimum absolute atomic E-state index is 0.0845. The first kappa shape index (κ1) is 17.7. The molecule has 9 heteroatoms. The van der Waals surface area contributed by atoms with Gasteiger partial charge in [0, 0.05) is 5.69 Å². The summed E-state index contributed by atoms with van der Waals surface area (Å²) >= 11 is 0. The van der Waals surface area contributed by atoms with E-state index < -0.39 is 15.9 Å². The molecule has 1 aromatic heterocycles. The van der Waals surface area contributed by atoms with Crippen molar-refractivity contribution in [2.75, 3.05) is 5.32 Å². The van der Waals surface area contributed by atoms with Gasteiger partial charge in [0.05, 0.1) is 12.7 Å². The smallest absolute Gasteiger partial charge is 0.354 e. The van der Waals surface area contributed by atoms with Gasteiger partial charge in [-0.25, -0.2) is 18.8 Å². The largest absolute Gasteiger partial charge is 0.472 e. The molecule has 3 unspecified atom stereocenters. The topological polar surface area (TPSA) is 112 Å². The molecule has 2 aliphatic carbocycles. The third-order valence-electron chi connectivity index (χ3n) is 5.81. The van der Waals surface area contributed by atoms with Crippen LogP contribution >= 0.6 is 0 Å². The maximum atomic E-state index is 13.0. The van der Waals surface area contributed by atoms with Gasteiger partial charge in [0.25, 0.3) is 0 Å². The minimum Gasteiger partial charge on any atom is -0.472 e. The molecule has 8 nitrogen and oxygen atoms in total. The van der Waals surface area contributed by atoms with Crippen molar-refractivity contribution in [3.8, 4) is 5.88 Å². The van der Waals surface area contributed by atoms with Crippen LogP contribution in [0.5, 0.6) is 5.88 Å². The molecule has 0 spiro atoms. The number of aryl methyl sites for hydroxylation is 1. The summed E-state index contributed by atoms with van der Waals surface area (Å²) in [5.74, 6) is 0.724. The summed E-state index contributed by atoms with van der Waals surface area (Å²) in [7, 11) is -3.46. The van der Waals surface area contributed by atoms with Crippen molar-refractivity contribution < 1.29 is 13.7 Å². The molecule has 0 bridgehead atoms. The molecule has 28 heavy (non-hydrogen) atoms. The fraction of sp³-hybridized carbons (Fsp3) is 0.474. The standard InChI is InChI=1S/C19H23N5O3S/c1-10-6-13-7-12-4-3-5-14(12)17(16(10)13)22-19(25)23-28(20,26)15-8-21-24-9-11(2)27-18(15)24/h7-8,10-11H,3-6,9H2,1-2H3,(H3,20,22,23,25,26). The zero-order valence-electron chi connectivity index (χ0n) is 15.9. The average molecular weight is 401 g/mol. The number of amides is 2. The van der Waals surface area contributed by atoms with E-state index in [0.29, 0.717) is 18.3 Å².